The Morgan fingerprint density at radius 3 is 2.63 bits per heavy atom. The van der Waals surface area contributed by atoms with E-state index in [1.54, 1.807) is 19.1 Å². The van der Waals surface area contributed by atoms with E-state index >= 15 is 0 Å². The minimum Gasteiger partial charge on any atom is -0.461 e. The lowest BCUT2D eigenvalue weighted by atomic mass is 10.2. The van der Waals surface area contributed by atoms with Crippen LogP contribution in [-0.4, -0.2) is 67.1 Å². The Kier molecular flexibility index (Phi) is 7.26. The number of amides is 1. The number of benzene rings is 1. The first-order valence-electron chi connectivity index (χ1n) is 9.08. The van der Waals surface area contributed by atoms with Crippen LogP contribution in [0.15, 0.2) is 35.2 Å². The van der Waals surface area contributed by atoms with Crippen molar-refractivity contribution >= 4 is 44.5 Å². The Labute approximate surface area is 177 Å². The molecule has 1 saturated heterocycles. The van der Waals surface area contributed by atoms with E-state index in [1.165, 1.54) is 28.6 Å². The van der Waals surface area contributed by atoms with Gasteiger partial charge in [0.15, 0.2) is 5.00 Å². The molecule has 0 unspecified atom stereocenters. The maximum atomic E-state index is 12.6. The van der Waals surface area contributed by atoms with Gasteiger partial charge in [0.25, 0.3) is 0 Å². The highest BCUT2D eigenvalue weighted by molar-refractivity contribution is 7.89. The molecule has 12 heteroatoms. The van der Waals surface area contributed by atoms with Gasteiger partial charge in [-0.25, -0.2) is 13.2 Å². The minimum atomic E-state index is -3.57. The number of morpholine rings is 1. The number of sulfonamides is 1. The van der Waals surface area contributed by atoms with Crippen molar-refractivity contribution in [2.75, 3.05) is 38.2 Å². The van der Waals surface area contributed by atoms with Gasteiger partial charge in [-0.2, -0.15) is 4.31 Å². The highest BCUT2D eigenvalue weighted by atomic mass is 32.2. The fraction of sp³-hybridized carbons (Fsp3) is 0.333. The standard InChI is InChI=1S/C18H20N4O6S2/c1-2-28-18(24)16-17(29-21-20-16)19-15(23)8-5-13-3-6-14(7-4-13)30(25,26)22-9-11-27-12-10-22/h3-8H,2,9-12H2,1H3,(H,19,23)/b8-5+. The zero-order chi connectivity index (χ0) is 21.6. The van der Waals surface area contributed by atoms with Crippen molar-refractivity contribution in [1.82, 2.24) is 13.9 Å². The summed E-state index contributed by atoms with van der Waals surface area (Å²) in [4.78, 5) is 24.1. The summed E-state index contributed by atoms with van der Waals surface area (Å²) in [6, 6.07) is 6.20. The quantitative estimate of drug-likeness (QED) is 0.493. The van der Waals surface area contributed by atoms with E-state index in [-0.39, 0.29) is 22.2 Å². The average molecular weight is 453 g/mol. The molecule has 0 radical (unpaired) electrons. The summed E-state index contributed by atoms with van der Waals surface area (Å²) in [5, 5.41) is 6.38. The van der Waals surface area contributed by atoms with Crippen LogP contribution in [0.2, 0.25) is 0 Å². The van der Waals surface area contributed by atoms with Gasteiger partial charge in [0.1, 0.15) is 0 Å². The van der Waals surface area contributed by atoms with Crippen LogP contribution in [0, 0.1) is 0 Å². The predicted molar refractivity (Wildman–Crippen MR) is 110 cm³/mol. The number of ether oxygens (including phenoxy) is 2. The molecule has 1 aromatic heterocycles. The Morgan fingerprint density at radius 2 is 1.97 bits per heavy atom. The molecule has 1 fully saturated rings. The summed E-state index contributed by atoms with van der Waals surface area (Å²) >= 11 is 0.864. The van der Waals surface area contributed by atoms with Gasteiger partial charge in [-0.1, -0.05) is 16.6 Å². The van der Waals surface area contributed by atoms with Crippen molar-refractivity contribution in [3.63, 3.8) is 0 Å². The molecule has 1 aromatic carbocycles. The second-order valence-corrected chi connectivity index (χ2v) is 8.77. The first-order chi connectivity index (χ1) is 14.4. The summed E-state index contributed by atoms with van der Waals surface area (Å²) in [5.41, 5.74) is 0.584. The molecule has 30 heavy (non-hydrogen) atoms. The monoisotopic (exact) mass is 452 g/mol. The SMILES string of the molecule is CCOC(=O)c1nnsc1NC(=O)/C=C/c1ccc(S(=O)(=O)N2CCOCC2)cc1. The Balaban J connectivity index is 1.63. The summed E-state index contributed by atoms with van der Waals surface area (Å²) in [6.45, 7) is 3.25. The van der Waals surface area contributed by atoms with Crippen LogP contribution in [0.3, 0.4) is 0 Å². The van der Waals surface area contributed by atoms with Crippen LogP contribution < -0.4 is 5.32 Å². The van der Waals surface area contributed by atoms with Gasteiger partial charge < -0.3 is 14.8 Å². The van der Waals surface area contributed by atoms with Gasteiger partial charge in [-0.05, 0) is 30.7 Å². The Morgan fingerprint density at radius 1 is 1.27 bits per heavy atom. The highest BCUT2D eigenvalue weighted by Gasteiger charge is 2.26. The summed E-state index contributed by atoms with van der Waals surface area (Å²) in [6.07, 6.45) is 2.79. The van der Waals surface area contributed by atoms with Crippen molar-refractivity contribution in [3.05, 3.63) is 41.6 Å². The third kappa shape index (κ3) is 5.27. The fourth-order valence-corrected chi connectivity index (χ4v) is 4.59. The van der Waals surface area contributed by atoms with E-state index in [2.05, 4.69) is 14.9 Å². The first kappa shape index (κ1) is 22.0. The van der Waals surface area contributed by atoms with Crippen molar-refractivity contribution in [2.24, 2.45) is 0 Å². The van der Waals surface area contributed by atoms with Crippen molar-refractivity contribution < 1.29 is 27.5 Å². The van der Waals surface area contributed by atoms with Crippen LogP contribution in [0.5, 0.6) is 0 Å². The van der Waals surface area contributed by atoms with Gasteiger partial charge in [-0.15, -0.1) is 5.10 Å². The van der Waals surface area contributed by atoms with Gasteiger partial charge in [-0.3, -0.25) is 4.79 Å². The first-order valence-corrected chi connectivity index (χ1v) is 11.3. The summed E-state index contributed by atoms with van der Waals surface area (Å²) in [7, 11) is -3.57. The molecule has 0 spiro atoms. The van der Waals surface area contributed by atoms with E-state index in [1.807, 2.05) is 0 Å². The number of aromatic nitrogens is 2. The smallest absolute Gasteiger partial charge is 0.362 e. The molecule has 0 aliphatic carbocycles. The van der Waals surface area contributed by atoms with E-state index in [0.717, 1.165) is 11.5 Å². The van der Waals surface area contributed by atoms with Gasteiger partial charge in [0.05, 0.1) is 24.7 Å². The number of hydrogen-bond acceptors (Lipinski definition) is 9. The number of anilines is 1. The molecule has 0 bridgehead atoms. The number of carbonyl (C=O) groups is 2. The molecule has 0 atom stereocenters. The highest BCUT2D eigenvalue weighted by Crippen LogP contribution is 2.20. The van der Waals surface area contributed by atoms with E-state index in [9.17, 15) is 18.0 Å². The molecule has 2 heterocycles. The van der Waals surface area contributed by atoms with Gasteiger partial charge >= 0.3 is 5.97 Å². The zero-order valence-corrected chi connectivity index (χ0v) is 17.7. The van der Waals surface area contributed by atoms with E-state index in [4.69, 9.17) is 9.47 Å². The average Bonchev–Trinajstić information content (AvgIpc) is 3.21. The van der Waals surface area contributed by atoms with Crippen molar-refractivity contribution in [1.29, 1.82) is 0 Å². The summed E-state index contributed by atoms with van der Waals surface area (Å²) < 4.78 is 40.3. The number of rotatable bonds is 7. The molecule has 2 aromatic rings. The molecule has 0 saturated carbocycles. The second-order valence-electron chi connectivity index (χ2n) is 6.08. The van der Waals surface area contributed by atoms with Crippen LogP contribution in [0.25, 0.3) is 6.08 Å². The number of hydrogen-bond donors (Lipinski definition) is 1. The van der Waals surface area contributed by atoms with Crippen LogP contribution >= 0.6 is 11.5 Å². The van der Waals surface area contributed by atoms with Crippen molar-refractivity contribution in [3.8, 4) is 0 Å². The number of carbonyl (C=O) groups excluding carboxylic acids is 2. The third-order valence-electron chi connectivity index (χ3n) is 4.11. The largest absolute Gasteiger partial charge is 0.461 e. The molecule has 1 amide bonds. The number of nitrogens with zero attached hydrogens (tertiary/aromatic N) is 3. The second kappa shape index (κ2) is 9.89. The summed E-state index contributed by atoms with van der Waals surface area (Å²) in [5.74, 6) is -1.15. The number of esters is 1. The lowest BCUT2D eigenvalue weighted by Gasteiger charge is -2.26. The Hall–Kier alpha value is -2.67. The number of nitrogens with one attached hydrogen (secondary N) is 1. The topological polar surface area (TPSA) is 128 Å². The van der Waals surface area contributed by atoms with Gasteiger partial charge in [0, 0.05) is 30.7 Å². The van der Waals surface area contributed by atoms with Crippen LogP contribution in [0.1, 0.15) is 23.0 Å². The maximum absolute atomic E-state index is 12.6. The lowest BCUT2D eigenvalue weighted by molar-refractivity contribution is -0.111. The maximum Gasteiger partial charge on any atom is 0.362 e. The molecular formula is C18H20N4O6S2. The molecule has 1 aliphatic rings. The van der Waals surface area contributed by atoms with E-state index < -0.39 is 21.9 Å². The Bertz CT molecular complexity index is 1030. The van der Waals surface area contributed by atoms with Gasteiger partial charge in [0.2, 0.25) is 21.6 Å². The fourth-order valence-electron chi connectivity index (χ4n) is 2.62. The zero-order valence-electron chi connectivity index (χ0n) is 16.1. The predicted octanol–water partition coefficient (Wildman–Crippen LogP) is 1.39. The molecule has 1 N–H and O–H groups in total. The minimum absolute atomic E-state index is 0.0544. The lowest BCUT2D eigenvalue weighted by Crippen LogP contribution is -2.40. The molecule has 1 aliphatic heterocycles. The van der Waals surface area contributed by atoms with Crippen LogP contribution in [0.4, 0.5) is 5.00 Å². The molecule has 160 valence electrons. The molecule has 10 nitrogen and oxygen atoms in total. The van der Waals surface area contributed by atoms with Crippen molar-refractivity contribution in [2.45, 2.75) is 11.8 Å². The molecule has 3 rings (SSSR count). The normalized spacial score (nSPS) is 15.2. The van der Waals surface area contributed by atoms with Crippen LogP contribution in [-0.2, 0) is 24.3 Å². The third-order valence-corrected chi connectivity index (χ3v) is 6.66. The van der Waals surface area contributed by atoms with E-state index in [0.29, 0.717) is 31.9 Å². The molecular weight excluding hydrogens is 432 g/mol.